The molecule has 6 rings (SSSR count). The lowest BCUT2D eigenvalue weighted by Crippen LogP contribution is -2.68. The maximum Gasteiger partial charge on any atom is 0.129 e. The van der Waals surface area contributed by atoms with Crippen molar-refractivity contribution in [2.75, 3.05) is 28.4 Å². The number of halogens is 2. The summed E-state index contributed by atoms with van der Waals surface area (Å²) in [6, 6.07) is 46.1. The molecule has 0 heterocycles. The summed E-state index contributed by atoms with van der Waals surface area (Å²) in [6.07, 6.45) is 0. The molecule has 0 bridgehead atoms. The molecule has 0 radical (unpaired) electrons. The van der Waals surface area contributed by atoms with E-state index in [2.05, 4.69) is 84.9 Å². The van der Waals surface area contributed by atoms with Crippen LogP contribution in [0.1, 0.15) is 33.4 Å². The predicted octanol–water partition coefficient (Wildman–Crippen LogP) is -0.599. The van der Waals surface area contributed by atoms with Gasteiger partial charge in [0, 0.05) is 53.9 Å². The van der Waals surface area contributed by atoms with Crippen LogP contribution in [0.3, 0.4) is 0 Å². The average molecular weight is 778 g/mol. The van der Waals surface area contributed by atoms with Crippen LogP contribution in [-0.4, -0.2) is 28.4 Å². The van der Waals surface area contributed by atoms with Crippen molar-refractivity contribution in [2.24, 2.45) is 0 Å². The molecule has 12 nitrogen and oxygen atoms in total. The summed E-state index contributed by atoms with van der Waals surface area (Å²) in [6.45, 7) is 0. The van der Waals surface area contributed by atoms with Gasteiger partial charge in [-0.1, -0.05) is 0 Å². The molecule has 0 aliphatic carbocycles. The van der Waals surface area contributed by atoms with Gasteiger partial charge in [0.05, 0.1) is 79.0 Å². The Kier molecular flexibility index (Phi) is 14.4. The van der Waals surface area contributed by atoms with Gasteiger partial charge < -0.3 is 18.9 Å². The van der Waals surface area contributed by atoms with Gasteiger partial charge in [0.15, 0.2) is 0 Å². The van der Waals surface area contributed by atoms with E-state index in [4.69, 9.17) is 56.2 Å². The third-order valence-electron chi connectivity index (χ3n) is 7.96. The summed E-state index contributed by atoms with van der Waals surface area (Å²) in [7, 11) is -3.13. The van der Waals surface area contributed by atoms with E-state index in [0.29, 0.717) is 0 Å². The Bertz CT molecular complexity index is 1790. The van der Waals surface area contributed by atoms with Crippen molar-refractivity contribution in [3.63, 3.8) is 0 Å². The third kappa shape index (κ3) is 11.9. The molecule has 280 valence electrons. The van der Waals surface area contributed by atoms with Crippen LogP contribution in [0, 0.1) is 32.3 Å². The minimum absolute atomic E-state index is 0.816. The Morgan fingerprint density at radius 3 is 0.778 bits per heavy atom. The van der Waals surface area contributed by atoms with Crippen molar-refractivity contribution in [3.05, 3.63) is 179 Å². The minimum atomic E-state index is -4.94. The van der Waals surface area contributed by atoms with Gasteiger partial charge in [-0.3, -0.25) is 0 Å². The zero-order valence-corrected chi connectivity index (χ0v) is 30.9. The SMILES string of the molecule is COc1ccc([C+](c2ccc(OC)cc2)c2cccc3cccc([C+](c4ccc(OC)cc4)c4ccc(OC)cc4)c23)cc1.[O-][Cl+3]([O-])([O-])[O-].[O-][Cl+3]([O-])([O-])[O-]. The number of hydrogen-bond donors (Lipinski definition) is 0. The number of fused-ring (bicyclic) bond motifs is 1. The van der Waals surface area contributed by atoms with Crippen LogP contribution in [-0.2, 0) is 0 Å². The molecule has 54 heavy (non-hydrogen) atoms. The van der Waals surface area contributed by atoms with Gasteiger partial charge in [-0.05, 0) is 84.9 Å². The van der Waals surface area contributed by atoms with Crippen LogP contribution in [0.15, 0.2) is 133 Å². The second kappa shape index (κ2) is 18.7. The molecular weight excluding hydrogens is 743 g/mol. The van der Waals surface area contributed by atoms with Gasteiger partial charge >= 0.3 is 0 Å². The number of rotatable bonds is 10. The second-order valence-electron chi connectivity index (χ2n) is 11.1. The molecule has 0 spiro atoms. The van der Waals surface area contributed by atoms with E-state index in [1.807, 2.05) is 48.5 Å². The van der Waals surface area contributed by atoms with Crippen LogP contribution in [0.4, 0.5) is 0 Å². The second-order valence-corrected chi connectivity index (χ2v) is 12.6. The molecule has 0 aromatic heterocycles. The summed E-state index contributed by atoms with van der Waals surface area (Å²) >= 11 is 0. The molecule has 6 aromatic carbocycles. The lowest BCUT2D eigenvalue weighted by Gasteiger charge is -2.20. The van der Waals surface area contributed by atoms with Crippen molar-refractivity contribution in [2.45, 2.75) is 0 Å². The molecule has 0 atom stereocenters. The highest BCUT2D eigenvalue weighted by molar-refractivity contribution is 5.95. The van der Waals surface area contributed by atoms with E-state index >= 15 is 0 Å². The van der Waals surface area contributed by atoms with Gasteiger partial charge in [0.25, 0.3) is 0 Å². The van der Waals surface area contributed by atoms with E-state index < -0.39 is 20.5 Å². The molecule has 0 saturated carbocycles. The van der Waals surface area contributed by atoms with Crippen molar-refractivity contribution in [1.29, 1.82) is 0 Å². The Labute approximate surface area is 316 Å². The molecule has 0 N–H and O–H groups in total. The van der Waals surface area contributed by atoms with Crippen molar-refractivity contribution < 1.29 is 76.7 Å². The quantitative estimate of drug-likeness (QED) is 0.126. The number of benzene rings is 6. The Balaban J connectivity index is 0.000000577. The highest BCUT2D eigenvalue weighted by Gasteiger charge is 2.31. The normalized spacial score (nSPS) is 11.0. The van der Waals surface area contributed by atoms with Crippen LogP contribution in [0.2, 0.25) is 0 Å². The van der Waals surface area contributed by atoms with Crippen LogP contribution >= 0.6 is 0 Å². The standard InChI is InChI=1S/C40H34O4.2ClHO4/c1-41-32-19-11-28(12-20-32)38(29-13-21-33(42-2)22-14-29)36-9-5-7-27-8-6-10-37(40(27)36)39(30-15-23-34(43-3)24-16-30)31-17-25-35(44-4)26-18-31;2*2-1(3,4)5/h5-26H,1-4H3;2*(H,2,3,4,5)/q+2;;/p-2. The summed E-state index contributed by atoms with van der Waals surface area (Å²) in [5.41, 5.74) is 6.63. The lowest BCUT2D eigenvalue weighted by molar-refractivity contribution is -2.00. The zero-order chi connectivity index (χ0) is 39.5. The average Bonchev–Trinajstić information content (AvgIpc) is 3.15. The third-order valence-corrected chi connectivity index (χ3v) is 7.96. The first kappa shape index (κ1) is 41.5. The molecule has 0 aliphatic rings. The highest BCUT2D eigenvalue weighted by Crippen LogP contribution is 2.42. The maximum atomic E-state index is 8.49. The lowest BCUT2D eigenvalue weighted by atomic mass is 9.77. The molecule has 14 heteroatoms. The molecule has 0 saturated heterocycles. The van der Waals surface area contributed by atoms with Crippen molar-refractivity contribution in [3.8, 4) is 23.0 Å². The van der Waals surface area contributed by atoms with E-state index in [9.17, 15) is 0 Å². The minimum Gasteiger partial charge on any atom is -0.496 e. The molecular formula is C40H34Cl2O12. The molecule has 6 aromatic rings. The van der Waals surface area contributed by atoms with E-state index in [1.165, 1.54) is 5.39 Å². The number of methoxy groups -OCH3 is 4. The molecule has 0 aliphatic heterocycles. The fraction of sp³-hybridized carbons (Fsp3) is 0.100. The van der Waals surface area contributed by atoms with E-state index in [0.717, 1.165) is 73.6 Å². The highest BCUT2D eigenvalue weighted by atomic mass is 35.7. The van der Waals surface area contributed by atoms with Gasteiger partial charge in [-0.25, -0.2) is 37.3 Å². The van der Waals surface area contributed by atoms with E-state index in [-0.39, 0.29) is 0 Å². The van der Waals surface area contributed by atoms with Gasteiger partial charge in [0.1, 0.15) is 23.0 Å². The van der Waals surface area contributed by atoms with Crippen molar-refractivity contribution >= 4 is 10.8 Å². The van der Waals surface area contributed by atoms with Crippen molar-refractivity contribution in [1.82, 2.24) is 0 Å². The molecule has 0 fully saturated rings. The largest absolute Gasteiger partial charge is 0.496 e. The number of ether oxygens (including phenoxy) is 4. The van der Waals surface area contributed by atoms with Crippen LogP contribution in [0.25, 0.3) is 10.8 Å². The Morgan fingerprint density at radius 1 is 0.352 bits per heavy atom. The van der Waals surface area contributed by atoms with Gasteiger partial charge in [-0.15, -0.1) is 20.5 Å². The molecule has 0 unspecified atom stereocenters. The summed E-state index contributed by atoms with van der Waals surface area (Å²) in [5.74, 6) is 5.51. The monoisotopic (exact) mass is 776 g/mol. The zero-order valence-electron chi connectivity index (χ0n) is 29.4. The van der Waals surface area contributed by atoms with Gasteiger partial charge in [0.2, 0.25) is 0 Å². The summed E-state index contributed by atoms with van der Waals surface area (Å²) in [4.78, 5) is 0. The van der Waals surface area contributed by atoms with Gasteiger partial charge in [-0.2, -0.15) is 0 Å². The fourth-order valence-electron chi connectivity index (χ4n) is 5.74. The summed E-state index contributed by atoms with van der Waals surface area (Å²) < 4.78 is 89.9. The summed E-state index contributed by atoms with van der Waals surface area (Å²) in [5, 5.41) is 2.32. The van der Waals surface area contributed by atoms with Crippen LogP contribution < -0.4 is 56.2 Å². The number of hydrogen-bond acceptors (Lipinski definition) is 12. The Hall–Kier alpha value is -5.22. The first-order valence-electron chi connectivity index (χ1n) is 15.7. The first-order chi connectivity index (χ1) is 25.6. The molecule has 0 amide bonds. The topological polar surface area (TPSA) is 221 Å². The maximum absolute atomic E-state index is 8.49. The smallest absolute Gasteiger partial charge is 0.129 e. The Morgan fingerprint density at radius 2 is 0.574 bits per heavy atom. The predicted molar refractivity (Wildman–Crippen MR) is 177 cm³/mol. The fourth-order valence-corrected chi connectivity index (χ4v) is 5.74. The van der Waals surface area contributed by atoms with Crippen LogP contribution in [0.5, 0.6) is 23.0 Å². The first-order valence-corrected chi connectivity index (χ1v) is 18.2. The van der Waals surface area contributed by atoms with E-state index in [1.54, 1.807) is 28.4 Å².